The highest BCUT2D eigenvalue weighted by Crippen LogP contribution is 2.33. The zero-order chi connectivity index (χ0) is 22.9. The van der Waals surface area contributed by atoms with Gasteiger partial charge in [0.05, 0.1) is 10.6 Å². The lowest BCUT2D eigenvalue weighted by atomic mass is 9.97. The summed E-state index contributed by atoms with van der Waals surface area (Å²) >= 11 is 12.4. The molecule has 0 fully saturated rings. The van der Waals surface area contributed by atoms with Crippen molar-refractivity contribution in [1.29, 1.82) is 0 Å². The number of ketones is 1. The van der Waals surface area contributed by atoms with Crippen molar-refractivity contribution in [3.8, 4) is 0 Å². The van der Waals surface area contributed by atoms with Gasteiger partial charge >= 0.3 is 0 Å². The third-order valence-corrected chi connectivity index (χ3v) is 8.00. The summed E-state index contributed by atoms with van der Waals surface area (Å²) in [5.74, 6) is -0.578. The van der Waals surface area contributed by atoms with E-state index in [1.807, 2.05) is 12.1 Å². The van der Waals surface area contributed by atoms with Gasteiger partial charge in [0.25, 0.3) is 10.0 Å². The number of benzene rings is 3. The van der Waals surface area contributed by atoms with Crippen LogP contribution < -0.4 is 4.31 Å². The molecule has 0 unspecified atom stereocenters. The monoisotopic (exact) mass is 491 g/mol. The fourth-order valence-electron chi connectivity index (χ4n) is 3.87. The van der Waals surface area contributed by atoms with E-state index in [-0.39, 0.29) is 23.5 Å². The average molecular weight is 492 g/mol. The second-order valence-corrected chi connectivity index (χ2v) is 10.4. The van der Waals surface area contributed by atoms with Gasteiger partial charge < -0.3 is 0 Å². The fraction of sp³-hybridized carbons (Fsp3) is 0.208. The number of hydrogen-bond acceptors (Lipinski definition) is 3. The molecule has 4 rings (SSSR count). The van der Waals surface area contributed by atoms with E-state index in [0.717, 1.165) is 24.1 Å². The number of Topliss-reactive ketones (excluding diaryl/α,β-unsaturated/α-hetero) is 1. The summed E-state index contributed by atoms with van der Waals surface area (Å²) in [5, 5.41) is 0.876. The normalized spacial score (nSPS) is 13.7. The van der Waals surface area contributed by atoms with E-state index in [1.165, 1.54) is 16.4 Å². The maximum absolute atomic E-state index is 13.3. The second kappa shape index (κ2) is 9.22. The molecule has 4 nitrogen and oxygen atoms in total. The number of aryl methyl sites for hydroxylation is 1. The molecule has 0 aliphatic carbocycles. The van der Waals surface area contributed by atoms with Crippen molar-refractivity contribution in [1.82, 2.24) is 0 Å². The molecule has 0 N–H and O–H groups in total. The highest BCUT2D eigenvalue weighted by atomic mass is 35.5. The SMILES string of the molecule is O=C(Cc1ccc2c(c1)N(S(=O)(=O)c1ccc(F)cc1)CCC2)Cc1c(Cl)cccc1Cl. The molecule has 0 radical (unpaired) electrons. The summed E-state index contributed by atoms with van der Waals surface area (Å²) in [7, 11) is -3.85. The highest BCUT2D eigenvalue weighted by molar-refractivity contribution is 7.92. The highest BCUT2D eigenvalue weighted by Gasteiger charge is 2.29. The number of nitrogens with zero attached hydrogens (tertiary/aromatic N) is 1. The van der Waals surface area contributed by atoms with Crippen LogP contribution in [-0.4, -0.2) is 20.7 Å². The molecule has 0 amide bonds. The Bertz CT molecular complexity index is 1260. The van der Waals surface area contributed by atoms with Crippen LogP contribution in [0.4, 0.5) is 10.1 Å². The second-order valence-electron chi connectivity index (χ2n) is 7.69. The average Bonchev–Trinajstić information content (AvgIpc) is 2.76. The maximum Gasteiger partial charge on any atom is 0.264 e. The first-order chi connectivity index (χ1) is 15.3. The minimum absolute atomic E-state index is 0.0293. The molecule has 0 bridgehead atoms. The van der Waals surface area contributed by atoms with Gasteiger partial charge in [-0.3, -0.25) is 9.10 Å². The van der Waals surface area contributed by atoms with Crippen LogP contribution in [0.15, 0.2) is 65.6 Å². The van der Waals surface area contributed by atoms with E-state index in [4.69, 9.17) is 23.2 Å². The Balaban J connectivity index is 1.60. The lowest BCUT2D eigenvalue weighted by molar-refractivity contribution is -0.117. The zero-order valence-electron chi connectivity index (χ0n) is 17.0. The van der Waals surface area contributed by atoms with Gasteiger partial charge in [0.15, 0.2) is 0 Å². The lowest BCUT2D eigenvalue weighted by Crippen LogP contribution is -2.35. The number of halogens is 3. The van der Waals surface area contributed by atoms with Crippen LogP contribution in [0, 0.1) is 5.82 Å². The summed E-state index contributed by atoms with van der Waals surface area (Å²) in [5.41, 5.74) is 2.74. The van der Waals surface area contributed by atoms with Crippen LogP contribution in [-0.2, 0) is 34.1 Å². The van der Waals surface area contributed by atoms with Crippen LogP contribution in [0.2, 0.25) is 10.0 Å². The topological polar surface area (TPSA) is 54.5 Å². The summed E-state index contributed by atoms with van der Waals surface area (Å²) in [6.45, 7) is 0.319. The largest absolute Gasteiger partial charge is 0.299 e. The smallest absolute Gasteiger partial charge is 0.264 e. The summed E-state index contributed by atoms with van der Waals surface area (Å²) in [6, 6.07) is 15.4. The van der Waals surface area contributed by atoms with Crippen molar-refractivity contribution >= 4 is 44.7 Å². The number of carbonyl (C=O) groups is 1. The van der Waals surface area contributed by atoms with Crippen molar-refractivity contribution in [2.75, 3.05) is 10.8 Å². The van der Waals surface area contributed by atoms with Gasteiger partial charge in [-0.2, -0.15) is 0 Å². The molecule has 0 spiro atoms. The first-order valence-electron chi connectivity index (χ1n) is 10.1. The van der Waals surface area contributed by atoms with Crippen LogP contribution in [0.3, 0.4) is 0 Å². The van der Waals surface area contributed by atoms with Crippen LogP contribution in [0.25, 0.3) is 0 Å². The third-order valence-electron chi connectivity index (χ3n) is 5.46. The number of anilines is 1. The van der Waals surface area contributed by atoms with E-state index < -0.39 is 15.8 Å². The van der Waals surface area contributed by atoms with Gasteiger partial charge in [0.1, 0.15) is 11.6 Å². The van der Waals surface area contributed by atoms with Crippen molar-refractivity contribution in [3.05, 3.63) is 93.2 Å². The van der Waals surface area contributed by atoms with Crippen molar-refractivity contribution in [2.24, 2.45) is 0 Å². The molecule has 0 aromatic heterocycles. The summed E-state index contributed by atoms with van der Waals surface area (Å²) < 4.78 is 41.1. The molecule has 1 aliphatic rings. The predicted octanol–water partition coefficient (Wildman–Crippen LogP) is 5.63. The van der Waals surface area contributed by atoms with Gasteiger partial charge in [-0.05, 0) is 72.0 Å². The summed E-state index contributed by atoms with van der Waals surface area (Å²) in [6.07, 6.45) is 1.64. The molecule has 0 saturated heterocycles. The van der Waals surface area contributed by atoms with Crippen LogP contribution in [0.1, 0.15) is 23.1 Å². The molecular formula is C24H20Cl2FNO3S. The van der Waals surface area contributed by atoms with Crippen LogP contribution in [0.5, 0.6) is 0 Å². The number of rotatable bonds is 6. The Labute approximate surface area is 196 Å². The molecule has 0 atom stereocenters. The number of fused-ring (bicyclic) bond motifs is 1. The molecule has 1 aliphatic heterocycles. The number of sulfonamides is 1. The molecule has 0 saturated carbocycles. The number of carbonyl (C=O) groups excluding carboxylic acids is 1. The zero-order valence-corrected chi connectivity index (χ0v) is 19.4. The Morgan fingerprint density at radius 3 is 2.34 bits per heavy atom. The van der Waals surface area contributed by atoms with Crippen molar-refractivity contribution < 1.29 is 17.6 Å². The van der Waals surface area contributed by atoms with E-state index >= 15 is 0 Å². The minimum atomic E-state index is -3.85. The maximum atomic E-state index is 13.3. The van der Waals surface area contributed by atoms with Gasteiger partial charge in [0.2, 0.25) is 0 Å². The quantitative estimate of drug-likeness (QED) is 0.448. The van der Waals surface area contributed by atoms with E-state index in [1.54, 1.807) is 24.3 Å². The Morgan fingerprint density at radius 2 is 1.66 bits per heavy atom. The number of hydrogen-bond donors (Lipinski definition) is 0. The van der Waals surface area contributed by atoms with Gasteiger partial charge in [-0.1, -0.05) is 41.4 Å². The lowest BCUT2D eigenvalue weighted by Gasteiger charge is -2.31. The van der Waals surface area contributed by atoms with Gasteiger partial charge in [0, 0.05) is 29.4 Å². The van der Waals surface area contributed by atoms with Gasteiger partial charge in [-0.25, -0.2) is 12.8 Å². The van der Waals surface area contributed by atoms with Gasteiger partial charge in [-0.15, -0.1) is 0 Å². The Hall–Kier alpha value is -2.41. The predicted molar refractivity (Wildman–Crippen MR) is 125 cm³/mol. The van der Waals surface area contributed by atoms with Crippen molar-refractivity contribution in [2.45, 2.75) is 30.6 Å². The van der Waals surface area contributed by atoms with E-state index in [9.17, 15) is 17.6 Å². The molecule has 3 aromatic rings. The Kier molecular flexibility index (Phi) is 6.56. The molecule has 166 valence electrons. The van der Waals surface area contributed by atoms with Crippen LogP contribution >= 0.6 is 23.2 Å². The third kappa shape index (κ3) is 4.68. The molecular weight excluding hydrogens is 472 g/mol. The minimum Gasteiger partial charge on any atom is -0.299 e. The van der Waals surface area contributed by atoms with Crippen molar-refractivity contribution in [3.63, 3.8) is 0 Å². The fourth-order valence-corrected chi connectivity index (χ4v) is 5.93. The molecule has 8 heteroatoms. The van der Waals surface area contributed by atoms with E-state index in [0.29, 0.717) is 39.8 Å². The van der Waals surface area contributed by atoms with E-state index in [2.05, 4.69) is 0 Å². The molecule has 3 aromatic carbocycles. The Morgan fingerprint density at radius 1 is 0.969 bits per heavy atom. The first-order valence-corrected chi connectivity index (χ1v) is 12.3. The standard InChI is InChI=1S/C24H20Cl2FNO3S/c25-22-4-1-5-23(26)21(22)15-19(29)13-16-6-7-17-3-2-12-28(24(17)14-16)32(30,31)20-10-8-18(27)9-11-20/h1,4-11,14H,2-3,12-13,15H2. The first kappa shape index (κ1) is 22.8. The molecule has 32 heavy (non-hydrogen) atoms. The summed E-state index contributed by atoms with van der Waals surface area (Å²) in [4.78, 5) is 12.7. The molecule has 1 heterocycles.